The number of guanidine groups is 1. The number of nitrogens with two attached hydrogens (primary N) is 1. The molecule has 0 amide bonds. The van der Waals surface area contributed by atoms with Gasteiger partial charge in [-0.3, -0.25) is 4.99 Å². The molecule has 1 atom stereocenters. The van der Waals surface area contributed by atoms with Gasteiger partial charge in [0.2, 0.25) is 0 Å². The lowest BCUT2D eigenvalue weighted by Gasteiger charge is -2.28. The molecule has 0 fully saturated rings. The Morgan fingerprint density at radius 3 is 2.88 bits per heavy atom. The topological polar surface area (TPSA) is 41.6 Å². The number of halogens is 1. The van der Waals surface area contributed by atoms with E-state index in [0.717, 1.165) is 5.69 Å². The van der Waals surface area contributed by atoms with E-state index in [2.05, 4.69) is 18.8 Å². The molecule has 0 spiro atoms. The van der Waals surface area contributed by atoms with Gasteiger partial charge < -0.3 is 10.6 Å². The molecule has 4 heteroatoms. The van der Waals surface area contributed by atoms with Gasteiger partial charge in [0, 0.05) is 5.69 Å². The minimum Gasteiger partial charge on any atom is -0.370 e. The Kier molecular flexibility index (Phi) is 2.81. The Hall–Kier alpha value is -1.58. The first-order valence-electron chi connectivity index (χ1n) is 5.44. The fraction of sp³-hybridized carbons (Fsp3) is 0.417. The lowest BCUT2D eigenvalue weighted by atomic mass is 10.0. The number of rotatable bonds is 2. The highest BCUT2D eigenvalue weighted by molar-refractivity contribution is 5.97. The second-order valence-corrected chi connectivity index (χ2v) is 4.36. The maximum absolute atomic E-state index is 13.2. The highest BCUT2D eigenvalue weighted by Crippen LogP contribution is 2.25. The van der Waals surface area contributed by atoms with Gasteiger partial charge >= 0.3 is 0 Å². The Bertz CT molecular complexity index is 414. The molecule has 2 rings (SSSR count). The highest BCUT2D eigenvalue weighted by atomic mass is 19.1. The van der Waals surface area contributed by atoms with Crippen molar-refractivity contribution in [3.63, 3.8) is 0 Å². The van der Waals surface area contributed by atoms with Crippen molar-refractivity contribution in [2.24, 2.45) is 16.6 Å². The minimum absolute atomic E-state index is 0.224. The molecule has 0 saturated heterocycles. The molecule has 1 unspecified atom stereocenters. The molecular weight excluding hydrogens is 205 g/mol. The third kappa shape index (κ3) is 1.87. The van der Waals surface area contributed by atoms with Gasteiger partial charge in [-0.15, -0.1) is 0 Å². The van der Waals surface area contributed by atoms with E-state index in [1.807, 2.05) is 11.0 Å². The van der Waals surface area contributed by atoms with E-state index < -0.39 is 0 Å². The largest absolute Gasteiger partial charge is 0.370 e. The van der Waals surface area contributed by atoms with E-state index in [9.17, 15) is 4.39 Å². The van der Waals surface area contributed by atoms with Crippen LogP contribution in [-0.2, 0) is 0 Å². The Labute approximate surface area is 94.8 Å². The molecule has 0 bridgehead atoms. The van der Waals surface area contributed by atoms with Crippen LogP contribution in [-0.4, -0.2) is 18.5 Å². The number of nitrogens with zero attached hydrogens (tertiary/aromatic N) is 2. The number of hydrogen-bond acceptors (Lipinski definition) is 3. The van der Waals surface area contributed by atoms with Crippen molar-refractivity contribution in [2.45, 2.75) is 19.9 Å². The third-order valence-electron chi connectivity index (χ3n) is 2.87. The Morgan fingerprint density at radius 2 is 2.25 bits per heavy atom. The molecule has 1 aliphatic heterocycles. The maximum Gasteiger partial charge on any atom is 0.196 e. The van der Waals surface area contributed by atoms with E-state index in [-0.39, 0.29) is 11.9 Å². The molecule has 1 heterocycles. The molecule has 1 aromatic carbocycles. The average molecular weight is 221 g/mol. The molecule has 0 aromatic heterocycles. The SMILES string of the molecule is CC(C)C1CN=C(N)N1c1cccc(F)c1. The average Bonchev–Trinajstić information content (AvgIpc) is 2.60. The summed E-state index contributed by atoms with van der Waals surface area (Å²) in [7, 11) is 0. The highest BCUT2D eigenvalue weighted by Gasteiger charge is 2.29. The number of benzene rings is 1. The molecule has 2 N–H and O–H groups in total. The standard InChI is InChI=1S/C12H16FN3/c1-8(2)11-7-15-12(14)16(11)10-5-3-4-9(13)6-10/h3-6,8,11H,7H2,1-2H3,(H2,14,15). The van der Waals surface area contributed by atoms with Crippen LogP contribution in [0.5, 0.6) is 0 Å². The summed E-state index contributed by atoms with van der Waals surface area (Å²) in [5.41, 5.74) is 6.62. The Balaban J connectivity index is 2.34. The van der Waals surface area contributed by atoms with E-state index in [1.54, 1.807) is 6.07 Å². The van der Waals surface area contributed by atoms with Gasteiger partial charge in [0.15, 0.2) is 5.96 Å². The molecule has 86 valence electrons. The maximum atomic E-state index is 13.2. The zero-order valence-corrected chi connectivity index (χ0v) is 9.52. The van der Waals surface area contributed by atoms with Crippen molar-refractivity contribution in [3.05, 3.63) is 30.1 Å². The molecule has 0 aliphatic carbocycles. The van der Waals surface area contributed by atoms with Crippen molar-refractivity contribution < 1.29 is 4.39 Å². The number of anilines is 1. The summed E-state index contributed by atoms with van der Waals surface area (Å²) in [6.45, 7) is 4.91. The van der Waals surface area contributed by atoms with Crippen LogP contribution in [0.4, 0.5) is 10.1 Å². The van der Waals surface area contributed by atoms with Crippen LogP contribution in [0, 0.1) is 11.7 Å². The summed E-state index contributed by atoms with van der Waals surface area (Å²) >= 11 is 0. The number of aliphatic imine (C=N–C) groups is 1. The van der Waals surface area contributed by atoms with Gasteiger partial charge in [-0.2, -0.15) is 0 Å². The van der Waals surface area contributed by atoms with Gasteiger partial charge in [0.05, 0.1) is 12.6 Å². The fourth-order valence-corrected chi connectivity index (χ4v) is 1.97. The summed E-state index contributed by atoms with van der Waals surface area (Å²) < 4.78 is 13.2. The van der Waals surface area contributed by atoms with Crippen molar-refractivity contribution in [1.29, 1.82) is 0 Å². The molecular formula is C12H16FN3. The molecule has 0 saturated carbocycles. The van der Waals surface area contributed by atoms with Crippen LogP contribution in [0.2, 0.25) is 0 Å². The molecule has 1 aliphatic rings. The fourth-order valence-electron chi connectivity index (χ4n) is 1.97. The third-order valence-corrected chi connectivity index (χ3v) is 2.87. The monoisotopic (exact) mass is 221 g/mol. The predicted molar refractivity (Wildman–Crippen MR) is 64.0 cm³/mol. The van der Waals surface area contributed by atoms with Crippen LogP contribution in [0.1, 0.15) is 13.8 Å². The summed E-state index contributed by atoms with van der Waals surface area (Å²) in [5.74, 6) is 0.650. The summed E-state index contributed by atoms with van der Waals surface area (Å²) in [5, 5.41) is 0. The quantitative estimate of drug-likeness (QED) is 0.829. The van der Waals surface area contributed by atoms with E-state index in [4.69, 9.17) is 5.73 Å². The lowest BCUT2D eigenvalue weighted by molar-refractivity contribution is 0.516. The lowest BCUT2D eigenvalue weighted by Crippen LogP contribution is -2.43. The second kappa shape index (κ2) is 4.12. The smallest absolute Gasteiger partial charge is 0.196 e. The zero-order chi connectivity index (χ0) is 11.7. The molecule has 16 heavy (non-hydrogen) atoms. The van der Waals surface area contributed by atoms with Crippen LogP contribution in [0.3, 0.4) is 0 Å². The van der Waals surface area contributed by atoms with Crippen molar-refractivity contribution in [3.8, 4) is 0 Å². The predicted octanol–water partition coefficient (Wildman–Crippen LogP) is 1.99. The van der Waals surface area contributed by atoms with Gasteiger partial charge in [-0.1, -0.05) is 19.9 Å². The van der Waals surface area contributed by atoms with Gasteiger partial charge in [0.1, 0.15) is 5.82 Å². The van der Waals surface area contributed by atoms with Crippen LogP contribution in [0.25, 0.3) is 0 Å². The molecule has 1 aromatic rings. The van der Waals surface area contributed by atoms with Crippen LogP contribution >= 0.6 is 0 Å². The summed E-state index contributed by atoms with van der Waals surface area (Å²) in [6.07, 6.45) is 0. The van der Waals surface area contributed by atoms with Gasteiger partial charge in [0.25, 0.3) is 0 Å². The Morgan fingerprint density at radius 1 is 1.50 bits per heavy atom. The van der Waals surface area contributed by atoms with Crippen molar-refractivity contribution >= 4 is 11.6 Å². The second-order valence-electron chi connectivity index (χ2n) is 4.36. The zero-order valence-electron chi connectivity index (χ0n) is 9.52. The van der Waals surface area contributed by atoms with Gasteiger partial charge in [-0.25, -0.2) is 4.39 Å². The van der Waals surface area contributed by atoms with Crippen molar-refractivity contribution in [2.75, 3.05) is 11.4 Å². The van der Waals surface area contributed by atoms with E-state index in [0.29, 0.717) is 18.4 Å². The summed E-state index contributed by atoms with van der Waals surface area (Å²) in [4.78, 5) is 6.13. The van der Waals surface area contributed by atoms with E-state index in [1.165, 1.54) is 12.1 Å². The first kappa shape index (κ1) is 10.9. The molecule has 0 radical (unpaired) electrons. The van der Waals surface area contributed by atoms with Gasteiger partial charge in [-0.05, 0) is 24.1 Å². The normalized spacial score (nSPS) is 20.4. The minimum atomic E-state index is -0.250. The molecule has 3 nitrogen and oxygen atoms in total. The first-order valence-corrected chi connectivity index (χ1v) is 5.44. The van der Waals surface area contributed by atoms with E-state index >= 15 is 0 Å². The number of hydrogen-bond donors (Lipinski definition) is 1. The van der Waals surface area contributed by atoms with Crippen LogP contribution < -0.4 is 10.6 Å². The van der Waals surface area contributed by atoms with Crippen molar-refractivity contribution in [1.82, 2.24) is 0 Å². The van der Waals surface area contributed by atoms with Crippen LogP contribution in [0.15, 0.2) is 29.3 Å². The first-order chi connectivity index (χ1) is 7.59. The summed E-state index contributed by atoms with van der Waals surface area (Å²) in [6, 6.07) is 6.68.